The molecule has 0 aromatic heterocycles. The van der Waals surface area contributed by atoms with Crippen molar-refractivity contribution in [2.24, 2.45) is 5.92 Å². The molecule has 1 fully saturated rings. The van der Waals surface area contributed by atoms with Crippen LogP contribution in [0.25, 0.3) is 0 Å². The van der Waals surface area contributed by atoms with E-state index in [4.69, 9.17) is 13.6 Å². The predicted octanol–water partition coefficient (Wildman–Crippen LogP) is 2.19. The average Bonchev–Trinajstić information content (AvgIpc) is 2.64. The first-order valence-electron chi connectivity index (χ1n) is 4.55. The first-order chi connectivity index (χ1) is 6.70. The van der Waals surface area contributed by atoms with Crippen LogP contribution in [-0.2, 0) is 18.4 Å². The van der Waals surface area contributed by atoms with E-state index in [0.29, 0.717) is 25.6 Å². The van der Waals surface area contributed by atoms with Crippen LogP contribution in [0.4, 0.5) is 0 Å². The fourth-order valence-electron chi connectivity index (χ4n) is 0.756. The molecular weight excluding hydrogens is 223 g/mol. The lowest BCUT2D eigenvalue weighted by Crippen LogP contribution is -2.04. The number of hydrogen-bond donors (Lipinski definition) is 0. The molecule has 0 atom stereocenters. The van der Waals surface area contributed by atoms with Gasteiger partial charge in [0.1, 0.15) is 0 Å². The highest BCUT2D eigenvalue weighted by Crippen LogP contribution is 2.43. The van der Waals surface area contributed by atoms with E-state index in [0.717, 1.165) is 0 Å². The van der Waals surface area contributed by atoms with Crippen molar-refractivity contribution in [3.05, 3.63) is 0 Å². The van der Waals surface area contributed by atoms with Gasteiger partial charge >= 0.3 is 8.60 Å². The van der Waals surface area contributed by atoms with Gasteiger partial charge in [-0.05, 0) is 0 Å². The van der Waals surface area contributed by atoms with Gasteiger partial charge in [-0.15, -0.1) is 0 Å². The van der Waals surface area contributed by atoms with Crippen LogP contribution in [-0.4, -0.2) is 30.7 Å². The van der Waals surface area contributed by atoms with Gasteiger partial charge in [-0.3, -0.25) is 4.79 Å². The Morgan fingerprint density at radius 1 is 1.50 bits per heavy atom. The Balaban J connectivity index is 1.96. The fraction of sp³-hybridized carbons (Fsp3) is 0.875. The second kappa shape index (κ2) is 6.75. The molecule has 6 heteroatoms. The third-order valence-corrected chi connectivity index (χ3v) is 3.78. The zero-order chi connectivity index (χ0) is 10.4. The molecule has 0 aromatic rings. The maximum Gasteiger partial charge on any atom is 0.332 e. The molecule has 0 N–H and O–H groups in total. The highest BCUT2D eigenvalue weighted by Gasteiger charge is 2.18. The molecule has 14 heavy (non-hydrogen) atoms. The summed E-state index contributed by atoms with van der Waals surface area (Å²) in [4.78, 5) is 11.2. The smallest absolute Gasteiger partial charge is 0.311 e. The number of thioether (sulfide) groups is 1. The van der Waals surface area contributed by atoms with Gasteiger partial charge in [-0.2, -0.15) is 0 Å². The minimum Gasteiger partial charge on any atom is -0.311 e. The van der Waals surface area contributed by atoms with E-state index in [1.54, 1.807) is 0 Å². The van der Waals surface area contributed by atoms with Crippen LogP contribution in [0.15, 0.2) is 0 Å². The zero-order valence-corrected chi connectivity index (χ0v) is 10.1. The van der Waals surface area contributed by atoms with E-state index in [-0.39, 0.29) is 11.0 Å². The van der Waals surface area contributed by atoms with Crippen molar-refractivity contribution in [1.29, 1.82) is 0 Å². The summed E-state index contributed by atoms with van der Waals surface area (Å²) in [5.41, 5.74) is 0. The standard InChI is InChI=1S/C8H15O4PS/c1-7(2)8(9)14-6-5-12-13-10-3-4-11-13/h7H,3-6H2,1-2H3. The van der Waals surface area contributed by atoms with Gasteiger partial charge in [-0.25, -0.2) is 0 Å². The second-order valence-corrected chi connectivity index (χ2v) is 5.37. The molecule has 0 spiro atoms. The van der Waals surface area contributed by atoms with E-state index in [1.165, 1.54) is 11.8 Å². The summed E-state index contributed by atoms with van der Waals surface area (Å²) in [6.07, 6.45) is 0. The molecule has 82 valence electrons. The molecule has 1 aliphatic heterocycles. The Kier molecular flexibility index (Phi) is 5.98. The normalized spacial score (nSPS) is 17.9. The summed E-state index contributed by atoms with van der Waals surface area (Å²) in [6.45, 7) is 5.52. The van der Waals surface area contributed by atoms with E-state index < -0.39 is 8.60 Å². The third-order valence-electron chi connectivity index (χ3n) is 1.47. The number of carbonyl (C=O) groups excluding carboxylic acids is 1. The summed E-state index contributed by atoms with van der Waals surface area (Å²) in [6, 6.07) is 0. The molecule has 0 amide bonds. The first kappa shape index (κ1) is 12.4. The monoisotopic (exact) mass is 238 g/mol. The third kappa shape index (κ3) is 4.71. The Morgan fingerprint density at radius 3 is 2.71 bits per heavy atom. The molecule has 1 aliphatic rings. The maximum absolute atomic E-state index is 11.2. The van der Waals surface area contributed by atoms with Crippen LogP contribution >= 0.6 is 20.4 Å². The summed E-state index contributed by atoms with van der Waals surface area (Å²) in [5.74, 6) is 0.757. The van der Waals surface area contributed by atoms with Crippen LogP contribution in [0.3, 0.4) is 0 Å². The van der Waals surface area contributed by atoms with Crippen LogP contribution in [0.5, 0.6) is 0 Å². The maximum atomic E-state index is 11.2. The number of rotatable bonds is 5. The second-order valence-electron chi connectivity index (χ2n) is 3.05. The van der Waals surface area contributed by atoms with Gasteiger partial charge in [0, 0.05) is 11.7 Å². The lowest BCUT2D eigenvalue weighted by Gasteiger charge is -2.07. The largest absolute Gasteiger partial charge is 0.332 e. The van der Waals surface area contributed by atoms with E-state index in [2.05, 4.69) is 0 Å². The molecule has 0 aliphatic carbocycles. The molecule has 0 unspecified atom stereocenters. The Hall–Kier alpha value is 0.330. The van der Waals surface area contributed by atoms with Crippen LogP contribution in [0, 0.1) is 5.92 Å². The van der Waals surface area contributed by atoms with Crippen molar-refractivity contribution in [2.45, 2.75) is 13.8 Å². The number of carbonyl (C=O) groups is 1. The van der Waals surface area contributed by atoms with Gasteiger partial charge in [0.15, 0.2) is 5.12 Å². The van der Waals surface area contributed by atoms with Crippen molar-refractivity contribution in [2.75, 3.05) is 25.6 Å². The quantitative estimate of drug-likeness (QED) is 0.542. The highest BCUT2D eigenvalue weighted by atomic mass is 32.2. The molecular formula is C8H15O4PS. The summed E-state index contributed by atoms with van der Waals surface area (Å²) in [5, 5.41) is 0.203. The minimum absolute atomic E-state index is 0.0877. The highest BCUT2D eigenvalue weighted by molar-refractivity contribution is 8.13. The van der Waals surface area contributed by atoms with Gasteiger partial charge < -0.3 is 13.6 Å². The van der Waals surface area contributed by atoms with E-state index >= 15 is 0 Å². The van der Waals surface area contributed by atoms with Crippen LogP contribution in [0.1, 0.15) is 13.8 Å². The zero-order valence-electron chi connectivity index (χ0n) is 8.39. The average molecular weight is 238 g/mol. The van der Waals surface area contributed by atoms with Gasteiger partial charge in [0.05, 0.1) is 19.8 Å². The van der Waals surface area contributed by atoms with Crippen LogP contribution < -0.4 is 0 Å². The Bertz CT molecular complexity index is 182. The molecule has 1 saturated heterocycles. The minimum atomic E-state index is -1.12. The van der Waals surface area contributed by atoms with Crippen LogP contribution in [0.2, 0.25) is 0 Å². The SMILES string of the molecule is CC(C)C(=O)SCCOP1OCCO1. The molecule has 0 aromatic carbocycles. The molecule has 1 rings (SSSR count). The predicted molar refractivity (Wildman–Crippen MR) is 57.1 cm³/mol. The van der Waals surface area contributed by atoms with E-state index in [9.17, 15) is 4.79 Å². The summed E-state index contributed by atoms with van der Waals surface area (Å²) in [7, 11) is -1.12. The van der Waals surface area contributed by atoms with Crippen molar-refractivity contribution >= 4 is 25.5 Å². The van der Waals surface area contributed by atoms with E-state index in [1.807, 2.05) is 13.8 Å². The molecule has 0 bridgehead atoms. The summed E-state index contributed by atoms with van der Waals surface area (Å²) < 4.78 is 15.5. The molecule has 4 nitrogen and oxygen atoms in total. The summed E-state index contributed by atoms with van der Waals surface area (Å²) >= 11 is 1.30. The van der Waals surface area contributed by atoms with Gasteiger partial charge in [-0.1, -0.05) is 25.6 Å². The van der Waals surface area contributed by atoms with Crippen molar-refractivity contribution in [3.8, 4) is 0 Å². The molecule has 0 radical (unpaired) electrons. The molecule has 0 saturated carbocycles. The lowest BCUT2D eigenvalue weighted by molar-refractivity contribution is -0.113. The van der Waals surface area contributed by atoms with Crippen molar-refractivity contribution in [3.63, 3.8) is 0 Å². The van der Waals surface area contributed by atoms with Crippen molar-refractivity contribution in [1.82, 2.24) is 0 Å². The van der Waals surface area contributed by atoms with Gasteiger partial charge in [0.25, 0.3) is 0 Å². The lowest BCUT2D eigenvalue weighted by atomic mass is 10.3. The van der Waals surface area contributed by atoms with Crippen molar-refractivity contribution < 1.29 is 18.4 Å². The Morgan fingerprint density at radius 2 is 2.14 bits per heavy atom. The first-order valence-corrected chi connectivity index (χ1v) is 6.64. The van der Waals surface area contributed by atoms with Gasteiger partial charge in [0.2, 0.25) is 0 Å². The Labute approximate surface area is 89.7 Å². The topological polar surface area (TPSA) is 44.8 Å². The fourth-order valence-corrected chi connectivity index (χ4v) is 2.49. The number of hydrogen-bond acceptors (Lipinski definition) is 5. The molecule has 1 heterocycles.